The highest BCUT2D eigenvalue weighted by atomic mass is 32.1. The van der Waals surface area contributed by atoms with Crippen molar-refractivity contribution in [3.8, 4) is 0 Å². The van der Waals surface area contributed by atoms with E-state index in [1.165, 1.54) is 6.92 Å². The number of esters is 1. The fourth-order valence-electron chi connectivity index (χ4n) is 1.36. The second kappa shape index (κ2) is 7.07. The molecule has 0 radical (unpaired) electrons. The average molecular weight is 252 g/mol. The summed E-state index contributed by atoms with van der Waals surface area (Å²) >= 11 is 1.55. The summed E-state index contributed by atoms with van der Waals surface area (Å²) in [5.41, 5.74) is 4.46. The molecule has 0 N–H and O–H groups in total. The zero-order valence-corrected chi connectivity index (χ0v) is 10.9. The van der Waals surface area contributed by atoms with Crippen molar-refractivity contribution < 1.29 is 14.3 Å². The lowest BCUT2D eigenvalue weighted by Gasteiger charge is -2.18. The summed E-state index contributed by atoms with van der Waals surface area (Å²) in [5.74, 6) is -0.328. The van der Waals surface area contributed by atoms with Crippen LogP contribution in [0, 0.1) is 0 Å². The molecule has 4 heteroatoms. The monoisotopic (exact) mass is 252 g/mol. The molecule has 17 heavy (non-hydrogen) atoms. The third-order valence-corrected chi connectivity index (χ3v) is 2.84. The van der Waals surface area contributed by atoms with Crippen LogP contribution < -0.4 is 0 Å². The van der Waals surface area contributed by atoms with Crippen molar-refractivity contribution in [2.24, 2.45) is 0 Å². The second-order valence-corrected chi connectivity index (χ2v) is 4.17. The molecule has 0 aliphatic heterocycles. The summed E-state index contributed by atoms with van der Waals surface area (Å²) in [5, 5.41) is 3.88. The van der Waals surface area contributed by atoms with Gasteiger partial charge in [-0.25, -0.2) is 0 Å². The van der Waals surface area contributed by atoms with Crippen LogP contribution >= 0.6 is 11.3 Å². The molecule has 1 aromatic rings. The van der Waals surface area contributed by atoms with Crippen molar-refractivity contribution in [3.05, 3.63) is 40.3 Å². The quantitative estimate of drug-likeness (QED) is 0.576. The van der Waals surface area contributed by atoms with Crippen LogP contribution in [0.4, 0.5) is 0 Å². The van der Waals surface area contributed by atoms with Gasteiger partial charge in [-0.1, -0.05) is 6.58 Å². The van der Waals surface area contributed by atoms with Crippen LogP contribution in [0.25, 0.3) is 0 Å². The standard InChI is InChI=1S/C13H16O3S/c1-4-11(8-15-5-2)13(16-10(3)14)12-6-7-17-9-12/h6-7,9,13H,1,5,8H2,2-3H3. The van der Waals surface area contributed by atoms with E-state index in [-0.39, 0.29) is 5.97 Å². The van der Waals surface area contributed by atoms with E-state index in [1.54, 1.807) is 11.3 Å². The van der Waals surface area contributed by atoms with Gasteiger partial charge in [0.15, 0.2) is 6.10 Å². The minimum absolute atomic E-state index is 0.328. The summed E-state index contributed by atoms with van der Waals surface area (Å²) < 4.78 is 10.6. The van der Waals surface area contributed by atoms with Crippen LogP contribution in [0.3, 0.4) is 0 Å². The van der Waals surface area contributed by atoms with Crippen molar-refractivity contribution in [1.82, 2.24) is 0 Å². The van der Waals surface area contributed by atoms with Gasteiger partial charge in [-0.05, 0) is 23.8 Å². The third-order valence-electron chi connectivity index (χ3n) is 2.13. The first-order chi connectivity index (χ1) is 8.19. The van der Waals surface area contributed by atoms with E-state index >= 15 is 0 Å². The maximum atomic E-state index is 11.1. The summed E-state index contributed by atoms with van der Waals surface area (Å²) in [6, 6.07) is 1.92. The molecular weight excluding hydrogens is 236 g/mol. The number of thiophene rings is 1. The van der Waals surface area contributed by atoms with Crippen molar-refractivity contribution in [1.29, 1.82) is 0 Å². The minimum atomic E-state index is -0.442. The summed E-state index contributed by atoms with van der Waals surface area (Å²) in [4.78, 5) is 11.1. The number of carbonyl (C=O) groups excluding carboxylic acids is 1. The van der Waals surface area contributed by atoms with Crippen LogP contribution in [0.15, 0.2) is 34.7 Å². The molecular formula is C13H16O3S. The third kappa shape index (κ3) is 4.19. The molecule has 0 aromatic carbocycles. The Balaban J connectivity index is 2.89. The fourth-order valence-corrected chi connectivity index (χ4v) is 2.04. The molecule has 92 valence electrons. The maximum Gasteiger partial charge on any atom is 0.303 e. The van der Waals surface area contributed by atoms with Crippen molar-refractivity contribution in [2.45, 2.75) is 20.0 Å². The molecule has 1 unspecified atom stereocenters. The summed E-state index contributed by atoms with van der Waals surface area (Å²) in [6.45, 7) is 7.89. The highest BCUT2D eigenvalue weighted by molar-refractivity contribution is 7.08. The van der Waals surface area contributed by atoms with E-state index < -0.39 is 6.10 Å². The van der Waals surface area contributed by atoms with Gasteiger partial charge in [0.2, 0.25) is 0 Å². The largest absolute Gasteiger partial charge is 0.452 e. The average Bonchev–Trinajstić information content (AvgIpc) is 2.81. The Labute approximate surface area is 105 Å². The topological polar surface area (TPSA) is 35.5 Å². The first kappa shape index (κ1) is 13.7. The van der Waals surface area contributed by atoms with Gasteiger partial charge in [0.1, 0.15) is 0 Å². The van der Waals surface area contributed by atoms with Gasteiger partial charge in [0, 0.05) is 24.7 Å². The van der Waals surface area contributed by atoms with Gasteiger partial charge in [-0.2, -0.15) is 11.3 Å². The summed E-state index contributed by atoms with van der Waals surface area (Å²) in [7, 11) is 0. The molecule has 1 atom stereocenters. The van der Waals surface area contributed by atoms with Crippen LogP contribution in [0.1, 0.15) is 25.5 Å². The molecule has 0 bridgehead atoms. The van der Waals surface area contributed by atoms with E-state index in [0.29, 0.717) is 13.2 Å². The van der Waals surface area contributed by atoms with Crippen molar-refractivity contribution in [3.63, 3.8) is 0 Å². The van der Waals surface area contributed by atoms with E-state index in [0.717, 1.165) is 11.1 Å². The Morgan fingerprint density at radius 3 is 2.88 bits per heavy atom. The van der Waals surface area contributed by atoms with Gasteiger partial charge in [0.05, 0.1) is 6.61 Å². The molecule has 3 nitrogen and oxygen atoms in total. The lowest BCUT2D eigenvalue weighted by Crippen LogP contribution is -2.13. The van der Waals surface area contributed by atoms with Gasteiger partial charge < -0.3 is 9.47 Å². The fraction of sp³-hybridized carbons (Fsp3) is 0.385. The number of hydrogen-bond acceptors (Lipinski definition) is 4. The van der Waals surface area contributed by atoms with Crippen LogP contribution in [-0.2, 0) is 14.3 Å². The van der Waals surface area contributed by atoms with E-state index in [1.807, 2.05) is 23.8 Å². The van der Waals surface area contributed by atoms with Crippen molar-refractivity contribution >= 4 is 17.3 Å². The predicted molar refractivity (Wildman–Crippen MR) is 68.0 cm³/mol. The highest BCUT2D eigenvalue weighted by Crippen LogP contribution is 2.27. The lowest BCUT2D eigenvalue weighted by molar-refractivity contribution is -0.145. The van der Waals surface area contributed by atoms with E-state index in [2.05, 4.69) is 12.3 Å². The Hall–Kier alpha value is -1.35. The lowest BCUT2D eigenvalue weighted by atomic mass is 10.1. The van der Waals surface area contributed by atoms with E-state index in [9.17, 15) is 4.79 Å². The number of hydrogen-bond donors (Lipinski definition) is 0. The van der Waals surface area contributed by atoms with Crippen LogP contribution in [-0.4, -0.2) is 19.2 Å². The Bertz CT molecular complexity index is 402. The van der Waals surface area contributed by atoms with Crippen molar-refractivity contribution in [2.75, 3.05) is 13.2 Å². The summed E-state index contributed by atoms with van der Waals surface area (Å²) in [6.07, 6.45) is -0.442. The molecule has 0 saturated heterocycles. The minimum Gasteiger partial charge on any atom is -0.452 e. The maximum absolute atomic E-state index is 11.1. The number of rotatable bonds is 6. The smallest absolute Gasteiger partial charge is 0.303 e. The van der Waals surface area contributed by atoms with Crippen LogP contribution in [0.2, 0.25) is 0 Å². The molecule has 1 heterocycles. The Kier molecular flexibility index (Phi) is 5.70. The van der Waals surface area contributed by atoms with E-state index in [4.69, 9.17) is 9.47 Å². The second-order valence-electron chi connectivity index (χ2n) is 3.39. The van der Waals surface area contributed by atoms with Gasteiger partial charge in [-0.15, -0.1) is 5.73 Å². The Morgan fingerprint density at radius 1 is 1.65 bits per heavy atom. The predicted octanol–water partition coefficient (Wildman–Crippen LogP) is 3.10. The normalized spacial score (nSPS) is 11.6. The zero-order chi connectivity index (χ0) is 12.7. The molecule has 0 fully saturated rings. The molecule has 0 saturated carbocycles. The zero-order valence-electron chi connectivity index (χ0n) is 10.1. The molecule has 1 rings (SSSR count). The molecule has 0 spiro atoms. The number of ether oxygens (including phenoxy) is 2. The van der Waals surface area contributed by atoms with Gasteiger partial charge in [0.25, 0.3) is 0 Å². The van der Waals surface area contributed by atoms with Gasteiger partial charge >= 0.3 is 5.97 Å². The van der Waals surface area contributed by atoms with Gasteiger partial charge in [-0.3, -0.25) is 4.79 Å². The molecule has 0 amide bonds. The molecule has 0 aliphatic rings. The number of carbonyl (C=O) groups is 1. The highest BCUT2D eigenvalue weighted by Gasteiger charge is 2.20. The Morgan fingerprint density at radius 2 is 2.41 bits per heavy atom. The molecule has 1 aromatic heterocycles. The molecule has 0 aliphatic carbocycles. The first-order valence-electron chi connectivity index (χ1n) is 5.34. The first-order valence-corrected chi connectivity index (χ1v) is 6.29. The SMILES string of the molecule is C=C=C(COCC)C(OC(C)=O)c1ccsc1. The van der Waals surface area contributed by atoms with Crippen LogP contribution in [0.5, 0.6) is 0 Å².